The van der Waals surface area contributed by atoms with Crippen LogP contribution in [0, 0.1) is 6.92 Å². The first-order valence-corrected chi connectivity index (χ1v) is 8.92. The number of aryl methyl sites for hydroxylation is 1. The third-order valence-corrected chi connectivity index (χ3v) is 5.19. The van der Waals surface area contributed by atoms with Crippen LogP contribution < -0.4 is 4.74 Å². The summed E-state index contributed by atoms with van der Waals surface area (Å²) < 4.78 is 6.23. The summed E-state index contributed by atoms with van der Waals surface area (Å²) in [4.78, 5) is 8.00. The van der Waals surface area contributed by atoms with Crippen LogP contribution in [0.2, 0.25) is 0 Å². The zero-order valence-electron chi connectivity index (χ0n) is 13.4. The zero-order chi connectivity index (χ0) is 15.4. The van der Waals surface area contributed by atoms with E-state index in [1.54, 1.807) is 11.3 Å². The van der Waals surface area contributed by atoms with Crippen molar-refractivity contribution < 1.29 is 4.74 Å². The molecule has 0 bridgehead atoms. The van der Waals surface area contributed by atoms with Gasteiger partial charge < -0.3 is 4.74 Å². The van der Waals surface area contributed by atoms with Crippen LogP contribution in [0.5, 0.6) is 5.75 Å². The highest BCUT2D eigenvalue weighted by atomic mass is 32.1. The van der Waals surface area contributed by atoms with Crippen LogP contribution in [-0.4, -0.2) is 23.0 Å². The van der Waals surface area contributed by atoms with E-state index in [9.17, 15) is 0 Å². The first-order valence-electron chi connectivity index (χ1n) is 8.04. The second-order valence-electron chi connectivity index (χ2n) is 6.17. The number of hydrogen-bond donors (Lipinski definition) is 0. The van der Waals surface area contributed by atoms with Crippen molar-refractivity contribution in [3.8, 4) is 5.75 Å². The van der Waals surface area contributed by atoms with Crippen molar-refractivity contribution in [2.45, 2.75) is 51.8 Å². The SMILES string of the molecule is Cc1ncsc1CN(C)Cc1ccccc1OC1CCCC1. The van der Waals surface area contributed by atoms with Gasteiger partial charge in [-0.15, -0.1) is 11.3 Å². The topological polar surface area (TPSA) is 25.4 Å². The molecule has 4 heteroatoms. The van der Waals surface area contributed by atoms with E-state index in [1.807, 2.05) is 5.51 Å². The van der Waals surface area contributed by atoms with Crippen LogP contribution >= 0.6 is 11.3 Å². The monoisotopic (exact) mass is 316 g/mol. The van der Waals surface area contributed by atoms with Gasteiger partial charge in [-0.1, -0.05) is 18.2 Å². The number of thiazole rings is 1. The molecular formula is C18H24N2OS. The van der Waals surface area contributed by atoms with Crippen molar-refractivity contribution in [1.82, 2.24) is 9.88 Å². The fourth-order valence-electron chi connectivity index (χ4n) is 3.01. The van der Waals surface area contributed by atoms with Gasteiger partial charge in [0.15, 0.2) is 0 Å². The van der Waals surface area contributed by atoms with Crippen LogP contribution in [0.1, 0.15) is 41.8 Å². The minimum absolute atomic E-state index is 0.412. The molecule has 0 aliphatic heterocycles. The molecule has 0 amide bonds. The minimum atomic E-state index is 0.412. The van der Waals surface area contributed by atoms with E-state index in [2.05, 4.69) is 48.1 Å². The molecule has 1 aromatic carbocycles. The van der Waals surface area contributed by atoms with Gasteiger partial charge in [0.25, 0.3) is 0 Å². The molecule has 1 aliphatic rings. The lowest BCUT2D eigenvalue weighted by Gasteiger charge is -2.20. The first kappa shape index (κ1) is 15.5. The summed E-state index contributed by atoms with van der Waals surface area (Å²) in [6.45, 7) is 3.92. The molecule has 1 heterocycles. The van der Waals surface area contributed by atoms with E-state index in [4.69, 9.17) is 4.74 Å². The first-order chi connectivity index (χ1) is 10.7. The molecule has 3 nitrogen and oxygen atoms in total. The summed E-state index contributed by atoms with van der Waals surface area (Å²) in [5.74, 6) is 1.06. The van der Waals surface area contributed by atoms with Gasteiger partial charge in [-0.2, -0.15) is 0 Å². The van der Waals surface area contributed by atoms with Crippen molar-refractivity contribution in [3.63, 3.8) is 0 Å². The smallest absolute Gasteiger partial charge is 0.124 e. The molecule has 0 unspecified atom stereocenters. The Hall–Kier alpha value is -1.39. The molecule has 0 N–H and O–H groups in total. The molecule has 2 aromatic rings. The molecule has 0 saturated heterocycles. The third-order valence-electron chi connectivity index (χ3n) is 4.27. The molecule has 22 heavy (non-hydrogen) atoms. The van der Waals surface area contributed by atoms with E-state index in [-0.39, 0.29) is 0 Å². The Morgan fingerprint density at radius 2 is 2.00 bits per heavy atom. The molecule has 3 rings (SSSR count). The maximum Gasteiger partial charge on any atom is 0.124 e. The van der Waals surface area contributed by atoms with Crippen LogP contribution in [0.15, 0.2) is 29.8 Å². The summed E-state index contributed by atoms with van der Waals surface area (Å²) in [5, 5.41) is 0. The number of para-hydroxylation sites is 1. The van der Waals surface area contributed by atoms with E-state index >= 15 is 0 Å². The highest BCUT2D eigenvalue weighted by Crippen LogP contribution is 2.27. The quantitative estimate of drug-likeness (QED) is 0.789. The number of rotatable bonds is 6. The highest BCUT2D eigenvalue weighted by Gasteiger charge is 2.18. The zero-order valence-corrected chi connectivity index (χ0v) is 14.2. The number of aromatic nitrogens is 1. The van der Waals surface area contributed by atoms with E-state index in [1.165, 1.54) is 36.1 Å². The summed E-state index contributed by atoms with van der Waals surface area (Å²) in [6, 6.07) is 8.46. The third kappa shape index (κ3) is 3.87. The predicted molar refractivity (Wildman–Crippen MR) is 91.3 cm³/mol. The molecule has 0 spiro atoms. The lowest BCUT2D eigenvalue weighted by Crippen LogP contribution is -2.19. The van der Waals surface area contributed by atoms with Crippen molar-refractivity contribution in [3.05, 3.63) is 45.9 Å². The number of benzene rings is 1. The molecule has 1 aromatic heterocycles. The van der Waals surface area contributed by atoms with E-state index in [0.29, 0.717) is 6.10 Å². The number of hydrogen-bond acceptors (Lipinski definition) is 4. The molecule has 118 valence electrons. The second kappa shape index (κ2) is 7.25. The normalized spacial score (nSPS) is 15.6. The largest absolute Gasteiger partial charge is 0.490 e. The lowest BCUT2D eigenvalue weighted by molar-refractivity contribution is 0.204. The Labute approximate surface area is 137 Å². The van der Waals surface area contributed by atoms with Gasteiger partial charge in [0.05, 0.1) is 17.3 Å². The molecule has 1 saturated carbocycles. The van der Waals surface area contributed by atoms with Crippen molar-refractivity contribution >= 4 is 11.3 Å². The maximum absolute atomic E-state index is 6.23. The number of nitrogens with zero attached hydrogens (tertiary/aromatic N) is 2. The summed E-state index contributed by atoms with van der Waals surface area (Å²) >= 11 is 1.73. The predicted octanol–water partition coefficient (Wildman–Crippen LogP) is 4.40. The average molecular weight is 316 g/mol. The second-order valence-corrected chi connectivity index (χ2v) is 7.10. The lowest BCUT2D eigenvalue weighted by atomic mass is 10.2. The average Bonchev–Trinajstić information content (AvgIpc) is 3.14. The Bertz CT molecular complexity index is 605. The number of ether oxygens (including phenoxy) is 1. The Kier molecular flexibility index (Phi) is 5.11. The Morgan fingerprint density at radius 3 is 2.73 bits per heavy atom. The molecule has 0 radical (unpaired) electrons. The molecular weight excluding hydrogens is 292 g/mol. The fourth-order valence-corrected chi connectivity index (χ4v) is 3.86. The van der Waals surface area contributed by atoms with Gasteiger partial charge in [-0.25, -0.2) is 4.98 Å². The highest BCUT2D eigenvalue weighted by molar-refractivity contribution is 7.09. The Balaban J connectivity index is 1.65. The van der Waals surface area contributed by atoms with E-state index in [0.717, 1.165) is 24.5 Å². The van der Waals surface area contributed by atoms with Gasteiger partial charge in [-0.05, 0) is 45.7 Å². The molecule has 0 atom stereocenters. The minimum Gasteiger partial charge on any atom is -0.490 e. The van der Waals surface area contributed by atoms with Crippen molar-refractivity contribution in [1.29, 1.82) is 0 Å². The van der Waals surface area contributed by atoms with Crippen LogP contribution in [0.4, 0.5) is 0 Å². The molecule has 1 aliphatic carbocycles. The van der Waals surface area contributed by atoms with Crippen LogP contribution in [0.25, 0.3) is 0 Å². The maximum atomic E-state index is 6.23. The summed E-state index contributed by atoms with van der Waals surface area (Å²) in [5.41, 5.74) is 4.35. The van der Waals surface area contributed by atoms with Crippen LogP contribution in [-0.2, 0) is 13.1 Å². The van der Waals surface area contributed by atoms with Crippen LogP contribution in [0.3, 0.4) is 0 Å². The van der Waals surface area contributed by atoms with Gasteiger partial charge >= 0.3 is 0 Å². The fraction of sp³-hybridized carbons (Fsp3) is 0.500. The summed E-state index contributed by atoms with van der Waals surface area (Å²) in [6.07, 6.45) is 5.42. The van der Waals surface area contributed by atoms with Gasteiger partial charge in [0.1, 0.15) is 5.75 Å². The van der Waals surface area contributed by atoms with Gasteiger partial charge in [0, 0.05) is 23.5 Å². The van der Waals surface area contributed by atoms with Crippen molar-refractivity contribution in [2.75, 3.05) is 7.05 Å². The standard InChI is InChI=1S/C18H24N2OS/c1-14-18(22-13-19-14)12-20(2)11-15-7-3-6-10-17(15)21-16-8-4-5-9-16/h3,6-7,10,13,16H,4-5,8-9,11-12H2,1-2H3. The van der Waals surface area contributed by atoms with Crippen molar-refractivity contribution in [2.24, 2.45) is 0 Å². The van der Waals surface area contributed by atoms with Gasteiger partial charge in [-0.3, -0.25) is 4.90 Å². The Morgan fingerprint density at radius 1 is 1.23 bits per heavy atom. The van der Waals surface area contributed by atoms with Gasteiger partial charge in [0.2, 0.25) is 0 Å². The molecule has 1 fully saturated rings. The van der Waals surface area contributed by atoms with E-state index < -0.39 is 0 Å². The summed E-state index contributed by atoms with van der Waals surface area (Å²) in [7, 11) is 2.16.